The maximum atomic E-state index is 10.1. The summed E-state index contributed by atoms with van der Waals surface area (Å²) in [6.45, 7) is 0.542. The van der Waals surface area contributed by atoms with E-state index in [4.69, 9.17) is 15.6 Å². The third kappa shape index (κ3) is 5.42. The minimum absolute atomic E-state index is 0.461. The van der Waals surface area contributed by atoms with Crippen LogP contribution in [0.25, 0.3) is 0 Å². The Morgan fingerprint density at radius 2 is 2.36 bits per heavy atom. The molecule has 0 fully saturated rings. The Bertz CT molecular complexity index is 154. The zero-order valence-electron chi connectivity index (χ0n) is 6.54. The third-order valence-corrected chi connectivity index (χ3v) is 1.17. The summed E-state index contributed by atoms with van der Waals surface area (Å²) in [5, 5.41) is 8.33. The van der Waals surface area contributed by atoms with Gasteiger partial charge in [0.2, 0.25) is 0 Å². The summed E-state index contributed by atoms with van der Waals surface area (Å²) in [6.07, 6.45) is 2.38. The number of rotatable bonds is 5. The first-order valence-electron chi connectivity index (χ1n) is 3.38. The first-order valence-corrected chi connectivity index (χ1v) is 3.38. The standard InChI is InChI=1S/C7H13NO3/c1-11-6(3-2-4-8)5-7(9)10/h5H,2-4,8H2,1H3,(H,9,10). The Hall–Kier alpha value is -1.03. The summed E-state index contributed by atoms with van der Waals surface area (Å²) in [5.74, 6) is -0.526. The summed E-state index contributed by atoms with van der Waals surface area (Å²) in [6, 6.07) is 0. The number of carbonyl (C=O) groups is 1. The third-order valence-electron chi connectivity index (χ3n) is 1.17. The van der Waals surface area contributed by atoms with Gasteiger partial charge in [-0.15, -0.1) is 0 Å². The van der Waals surface area contributed by atoms with E-state index in [1.807, 2.05) is 0 Å². The molecule has 3 N–H and O–H groups in total. The number of hydrogen-bond acceptors (Lipinski definition) is 3. The Balaban J connectivity index is 3.84. The van der Waals surface area contributed by atoms with Gasteiger partial charge in [-0.25, -0.2) is 4.79 Å². The summed E-state index contributed by atoms with van der Waals surface area (Å²) >= 11 is 0. The van der Waals surface area contributed by atoms with Crippen molar-refractivity contribution in [2.75, 3.05) is 13.7 Å². The maximum absolute atomic E-state index is 10.1. The molecule has 0 aromatic heterocycles. The highest BCUT2D eigenvalue weighted by Crippen LogP contribution is 2.03. The zero-order chi connectivity index (χ0) is 8.69. The van der Waals surface area contributed by atoms with Crippen molar-refractivity contribution in [2.45, 2.75) is 12.8 Å². The smallest absolute Gasteiger partial charge is 0.331 e. The van der Waals surface area contributed by atoms with Crippen LogP contribution in [0.15, 0.2) is 11.8 Å². The van der Waals surface area contributed by atoms with E-state index in [0.29, 0.717) is 18.7 Å². The summed E-state index contributed by atoms with van der Waals surface area (Å²) in [4.78, 5) is 10.1. The van der Waals surface area contributed by atoms with Crippen LogP contribution >= 0.6 is 0 Å². The van der Waals surface area contributed by atoms with Gasteiger partial charge >= 0.3 is 5.97 Å². The van der Waals surface area contributed by atoms with Crippen molar-refractivity contribution in [2.24, 2.45) is 5.73 Å². The van der Waals surface area contributed by atoms with E-state index < -0.39 is 5.97 Å². The number of methoxy groups -OCH3 is 1. The van der Waals surface area contributed by atoms with Crippen LogP contribution in [-0.2, 0) is 9.53 Å². The number of nitrogens with two attached hydrogens (primary N) is 1. The normalized spacial score (nSPS) is 11.3. The lowest BCUT2D eigenvalue weighted by Gasteiger charge is -2.02. The highest BCUT2D eigenvalue weighted by molar-refractivity contribution is 5.80. The van der Waals surface area contributed by atoms with E-state index in [2.05, 4.69) is 0 Å². The molecular formula is C7H13NO3. The molecule has 0 aliphatic carbocycles. The topological polar surface area (TPSA) is 72.5 Å². The Morgan fingerprint density at radius 3 is 2.73 bits per heavy atom. The minimum atomic E-state index is -0.987. The van der Waals surface area contributed by atoms with Gasteiger partial charge in [0.05, 0.1) is 13.2 Å². The molecule has 0 saturated heterocycles. The highest BCUT2D eigenvalue weighted by Gasteiger charge is 1.98. The molecule has 0 aliphatic heterocycles. The lowest BCUT2D eigenvalue weighted by atomic mass is 10.2. The molecule has 0 rings (SSSR count). The van der Waals surface area contributed by atoms with Gasteiger partial charge in [-0.2, -0.15) is 0 Å². The molecule has 0 radical (unpaired) electrons. The summed E-state index contributed by atoms with van der Waals surface area (Å²) < 4.78 is 4.79. The molecule has 0 spiro atoms. The fourth-order valence-corrected chi connectivity index (χ4v) is 0.647. The van der Waals surface area contributed by atoms with Crippen molar-refractivity contribution in [1.82, 2.24) is 0 Å². The molecule has 0 amide bonds. The average Bonchev–Trinajstić information content (AvgIpc) is 1.97. The molecule has 0 bridgehead atoms. The molecule has 0 aromatic rings. The molecule has 4 nitrogen and oxygen atoms in total. The van der Waals surface area contributed by atoms with E-state index in [1.165, 1.54) is 7.11 Å². The van der Waals surface area contributed by atoms with Crippen molar-refractivity contribution in [1.29, 1.82) is 0 Å². The summed E-state index contributed by atoms with van der Waals surface area (Å²) in [5.41, 5.74) is 5.23. The Kier molecular flexibility index (Phi) is 5.20. The van der Waals surface area contributed by atoms with Crippen molar-refractivity contribution in [3.8, 4) is 0 Å². The van der Waals surface area contributed by atoms with Gasteiger partial charge < -0.3 is 15.6 Å². The fourth-order valence-electron chi connectivity index (χ4n) is 0.647. The maximum Gasteiger partial charge on any atom is 0.331 e. The van der Waals surface area contributed by atoms with Crippen LogP contribution in [0.4, 0.5) is 0 Å². The molecule has 4 heteroatoms. The van der Waals surface area contributed by atoms with Gasteiger partial charge in [0.1, 0.15) is 5.76 Å². The van der Waals surface area contributed by atoms with Gasteiger partial charge in [-0.05, 0) is 13.0 Å². The van der Waals surface area contributed by atoms with E-state index in [0.717, 1.165) is 12.5 Å². The van der Waals surface area contributed by atoms with Crippen LogP contribution in [-0.4, -0.2) is 24.7 Å². The van der Waals surface area contributed by atoms with Gasteiger partial charge in [0.25, 0.3) is 0 Å². The quantitative estimate of drug-likeness (QED) is 0.448. The molecule has 0 unspecified atom stereocenters. The van der Waals surface area contributed by atoms with Crippen LogP contribution in [0.3, 0.4) is 0 Å². The lowest BCUT2D eigenvalue weighted by molar-refractivity contribution is -0.131. The predicted molar refractivity (Wildman–Crippen MR) is 41.0 cm³/mol. The van der Waals surface area contributed by atoms with E-state index in [9.17, 15) is 4.79 Å². The number of ether oxygens (including phenoxy) is 1. The van der Waals surface area contributed by atoms with Crippen molar-refractivity contribution in [3.63, 3.8) is 0 Å². The highest BCUT2D eigenvalue weighted by atomic mass is 16.5. The molecule has 0 heterocycles. The van der Waals surface area contributed by atoms with Crippen LogP contribution in [0, 0.1) is 0 Å². The van der Waals surface area contributed by atoms with Crippen LogP contribution < -0.4 is 5.73 Å². The van der Waals surface area contributed by atoms with Crippen molar-refractivity contribution < 1.29 is 14.6 Å². The first-order chi connectivity index (χ1) is 5.20. The second-order valence-corrected chi connectivity index (χ2v) is 2.05. The molecule has 0 aromatic carbocycles. The van der Waals surface area contributed by atoms with E-state index in [1.54, 1.807) is 0 Å². The van der Waals surface area contributed by atoms with Crippen molar-refractivity contribution >= 4 is 5.97 Å². The largest absolute Gasteiger partial charge is 0.501 e. The molecule has 0 aliphatic rings. The molecule has 0 saturated carbocycles. The van der Waals surface area contributed by atoms with Crippen LogP contribution in [0.5, 0.6) is 0 Å². The number of aliphatic carboxylic acids is 1. The SMILES string of the molecule is COC(=CC(=O)O)CCCN. The molecular weight excluding hydrogens is 146 g/mol. The second-order valence-electron chi connectivity index (χ2n) is 2.05. The molecule has 11 heavy (non-hydrogen) atoms. The molecule has 0 atom stereocenters. The number of carboxylic acids is 1. The number of hydrogen-bond donors (Lipinski definition) is 2. The van der Waals surface area contributed by atoms with Crippen molar-refractivity contribution in [3.05, 3.63) is 11.8 Å². The first kappa shape index (κ1) is 9.97. The van der Waals surface area contributed by atoms with E-state index >= 15 is 0 Å². The minimum Gasteiger partial charge on any atom is -0.501 e. The lowest BCUT2D eigenvalue weighted by Crippen LogP contribution is -2.01. The Labute approximate surface area is 65.6 Å². The average molecular weight is 159 g/mol. The van der Waals surface area contributed by atoms with Crippen LogP contribution in [0.2, 0.25) is 0 Å². The zero-order valence-corrected chi connectivity index (χ0v) is 6.54. The fraction of sp³-hybridized carbons (Fsp3) is 0.571. The molecule has 64 valence electrons. The summed E-state index contributed by atoms with van der Waals surface area (Å²) in [7, 11) is 1.45. The van der Waals surface area contributed by atoms with Gasteiger partial charge in [0.15, 0.2) is 0 Å². The van der Waals surface area contributed by atoms with Gasteiger partial charge in [-0.1, -0.05) is 0 Å². The van der Waals surface area contributed by atoms with Crippen LogP contribution in [0.1, 0.15) is 12.8 Å². The second kappa shape index (κ2) is 5.73. The predicted octanol–water partition coefficient (Wildman–Crippen LogP) is 0.340. The van der Waals surface area contributed by atoms with Gasteiger partial charge in [0, 0.05) is 6.42 Å². The monoisotopic (exact) mass is 159 g/mol. The van der Waals surface area contributed by atoms with Gasteiger partial charge in [-0.3, -0.25) is 0 Å². The van der Waals surface area contributed by atoms with E-state index in [-0.39, 0.29) is 0 Å². The number of allylic oxidation sites excluding steroid dienone is 1. The number of carboxylic acid groups (broad SMARTS) is 1. The Morgan fingerprint density at radius 1 is 1.73 bits per heavy atom.